The predicted octanol–water partition coefficient (Wildman–Crippen LogP) is 3.34. The molecule has 1 aromatic heterocycles. The second kappa shape index (κ2) is 11.3. The number of rotatable bonds is 9. The Kier molecular flexibility index (Phi) is 7.72. The van der Waals surface area contributed by atoms with Crippen LogP contribution >= 0.6 is 0 Å². The number of anilines is 1. The average molecular weight is 514 g/mol. The molecule has 0 aliphatic rings. The van der Waals surface area contributed by atoms with Gasteiger partial charge in [0.1, 0.15) is 22.8 Å². The van der Waals surface area contributed by atoms with Crippen LogP contribution in [0.3, 0.4) is 0 Å². The van der Waals surface area contributed by atoms with Gasteiger partial charge in [0.15, 0.2) is 0 Å². The van der Waals surface area contributed by atoms with Crippen LogP contribution in [0.1, 0.15) is 43.6 Å². The number of methoxy groups -OCH3 is 1. The average Bonchev–Trinajstić information content (AvgIpc) is 3.29. The highest BCUT2D eigenvalue weighted by Crippen LogP contribution is 2.29. The lowest BCUT2D eigenvalue weighted by atomic mass is 10.0. The van der Waals surface area contributed by atoms with E-state index in [0.29, 0.717) is 33.8 Å². The number of para-hydroxylation sites is 1. The van der Waals surface area contributed by atoms with Crippen LogP contribution in [0.5, 0.6) is 5.75 Å². The Morgan fingerprint density at radius 3 is 2.29 bits per heavy atom. The van der Waals surface area contributed by atoms with Gasteiger partial charge < -0.3 is 26.3 Å². The summed E-state index contributed by atoms with van der Waals surface area (Å²) in [6, 6.07) is 20.6. The zero-order valence-electron chi connectivity index (χ0n) is 20.9. The molecule has 0 aliphatic heterocycles. The summed E-state index contributed by atoms with van der Waals surface area (Å²) in [4.78, 5) is 36.8. The molecule has 0 fully saturated rings. The normalized spacial score (nSPS) is 10.6. The maximum atomic E-state index is 12.6. The molecule has 0 unspecified atom stereocenters. The van der Waals surface area contributed by atoms with Gasteiger partial charge in [0, 0.05) is 12.1 Å². The third kappa shape index (κ3) is 5.34. The van der Waals surface area contributed by atoms with Crippen molar-refractivity contribution < 1.29 is 23.9 Å². The summed E-state index contributed by atoms with van der Waals surface area (Å²) < 4.78 is 11.6. The molecule has 0 radical (unpaired) electrons. The van der Waals surface area contributed by atoms with E-state index in [2.05, 4.69) is 10.4 Å². The van der Waals surface area contributed by atoms with Crippen molar-refractivity contribution in [2.75, 3.05) is 19.5 Å². The van der Waals surface area contributed by atoms with E-state index < -0.39 is 11.9 Å². The molecule has 0 bridgehead atoms. The maximum Gasteiger partial charge on any atom is 0.338 e. The summed E-state index contributed by atoms with van der Waals surface area (Å²) >= 11 is 0. The number of primary amides is 1. The molecule has 194 valence electrons. The fourth-order valence-electron chi connectivity index (χ4n) is 3.92. The summed E-state index contributed by atoms with van der Waals surface area (Å²) in [6.45, 7) is 2.28. The second-order valence-electron chi connectivity index (χ2n) is 8.23. The fraction of sp³-hybridized carbons (Fsp3) is 0.143. The minimum Gasteiger partial charge on any atom is -0.496 e. The van der Waals surface area contributed by atoms with E-state index in [1.807, 2.05) is 12.1 Å². The van der Waals surface area contributed by atoms with Crippen LogP contribution in [0.4, 0.5) is 5.82 Å². The van der Waals surface area contributed by atoms with E-state index in [1.54, 1.807) is 67.6 Å². The third-order valence-corrected chi connectivity index (χ3v) is 5.82. The number of aromatic nitrogens is 2. The van der Waals surface area contributed by atoms with Crippen molar-refractivity contribution in [1.82, 2.24) is 15.1 Å². The lowest BCUT2D eigenvalue weighted by Crippen LogP contribution is -2.23. The topological polar surface area (TPSA) is 152 Å². The zero-order chi connectivity index (χ0) is 27.2. The molecule has 3 aromatic carbocycles. The molecule has 0 aliphatic carbocycles. The van der Waals surface area contributed by atoms with Crippen molar-refractivity contribution in [3.63, 3.8) is 0 Å². The minimum absolute atomic E-state index is 0.0736. The van der Waals surface area contributed by atoms with E-state index in [4.69, 9.17) is 20.9 Å². The number of nitrogen functional groups attached to an aromatic ring is 1. The first-order chi connectivity index (χ1) is 18.3. The van der Waals surface area contributed by atoms with E-state index in [-0.39, 0.29) is 30.4 Å². The number of carbonyl (C=O) groups excluding carboxylic acids is 3. The summed E-state index contributed by atoms with van der Waals surface area (Å²) in [6.07, 6.45) is 0. The number of carbonyl (C=O) groups is 3. The number of nitrogens with two attached hydrogens (primary N) is 2. The first-order valence-corrected chi connectivity index (χ1v) is 11.8. The molecule has 4 rings (SSSR count). The molecule has 38 heavy (non-hydrogen) atoms. The highest BCUT2D eigenvalue weighted by atomic mass is 16.5. The number of nitrogens with zero attached hydrogens (tertiary/aromatic N) is 2. The van der Waals surface area contributed by atoms with Gasteiger partial charge in [-0.05, 0) is 48.9 Å². The summed E-state index contributed by atoms with van der Waals surface area (Å²) in [5.74, 6) is -0.860. The van der Waals surface area contributed by atoms with Gasteiger partial charge in [0.2, 0.25) is 0 Å². The number of ether oxygens (including phenoxy) is 2. The molecular formula is C28H27N5O5. The molecule has 0 spiro atoms. The van der Waals surface area contributed by atoms with Crippen LogP contribution in [0.2, 0.25) is 0 Å². The minimum atomic E-state index is -0.722. The molecule has 10 heteroatoms. The monoisotopic (exact) mass is 513 g/mol. The van der Waals surface area contributed by atoms with Gasteiger partial charge >= 0.3 is 5.97 Å². The number of nitrogens with one attached hydrogen (secondary N) is 1. The van der Waals surface area contributed by atoms with Crippen LogP contribution in [-0.4, -0.2) is 41.3 Å². The van der Waals surface area contributed by atoms with Gasteiger partial charge in [-0.15, -0.1) is 0 Å². The Morgan fingerprint density at radius 1 is 0.974 bits per heavy atom. The van der Waals surface area contributed by atoms with Crippen molar-refractivity contribution in [2.24, 2.45) is 5.73 Å². The third-order valence-electron chi connectivity index (χ3n) is 5.82. The van der Waals surface area contributed by atoms with Crippen LogP contribution in [0.15, 0.2) is 72.8 Å². The van der Waals surface area contributed by atoms with Crippen molar-refractivity contribution in [1.29, 1.82) is 0 Å². The highest BCUT2D eigenvalue weighted by Gasteiger charge is 2.22. The number of hydrogen-bond donors (Lipinski definition) is 3. The summed E-state index contributed by atoms with van der Waals surface area (Å²) in [5.41, 5.74) is 15.1. The number of benzene rings is 3. The first-order valence-electron chi connectivity index (χ1n) is 11.8. The second-order valence-corrected chi connectivity index (χ2v) is 8.23. The zero-order valence-corrected chi connectivity index (χ0v) is 20.9. The number of hydrogen-bond acceptors (Lipinski definition) is 7. The highest BCUT2D eigenvalue weighted by molar-refractivity contribution is 6.03. The lowest BCUT2D eigenvalue weighted by Gasteiger charge is -2.09. The molecule has 0 saturated carbocycles. The van der Waals surface area contributed by atoms with Crippen LogP contribution < -0.4 is 21.5 Å². The maximum absolute atomic E-state index is 12.6. The number of esters is 1. The molecule has 2 amide bonds. The smallest absolute Gasteiger partial charge is 0.338 e. The van der Waals surface area contributed by atoms with Crippen molar-refractivity contribution in [2.45, 2.75) is 13.5 Å². The van der Waals surface area contributed by atoms with E-state index >= 15 is 0 Å². The SMILES string of the molecule is CCOC(=O)c1ccc(-n2nc(-c3ccc(CNC(=O)c4ccccc4OC)cc3)c(C(N)=O)c2N)cc1. The molecule has 4 aromatic rings. The van der Waals surface area contributed by atoms with Gasteiger partial charge in [-0.3, -0.25) is 9.59 Å². The first kappa shape index (κ1) is 26.0. The molecule has 1 heterocycles. The van der Waals surface area contributed by atoms with Crippen LogP contribution in [0.25, 0.3) is 16.9 Å². The van der Waals surface area contributed by atoms with Gasteiger partial charge in [-0.2, -0.15) is 5.10 Å². The Bertz CT molecular complexity index is 1480. The standard InChI is InChI=1S/C28H27N5O5/c1-3-38-28(36)19-12-14-20(15-13-19)33-25(29)23(26(30)34)24(32-33)18-10-8-17(9-11-18)16-31-27(35)21-6-4-5-7-22(21)37-2/h4-15H,3,16,29H2,1-2H3,(H2,30,34)(H,31,35). The van der Waals surface area contributed by atoms with Crippen molar-refractivity contribution >= 4 is 23.6 Å². The van der Waals surface area contributed by atoms with Gasteiger partial charge in [-0.1, -0.05) is 36.4 Å². The Hall–Kier alpha value is -5.12. The number of amides is 2. The Balaban J connectivity index is 1.55. The van der Waals surface area contributed by atoms with E-state index in [1.165, 1.54) is 11.8 Å². The Labute approximate surface area is 219 Å². The van der Waals surface area contributed by atoms with Gasteiger partial charge in [-0.25, -0.2) is 9.48 Å². The van der Waals surface area contributed by atoms with Crippen molar-refractivity contribution in [3.8, 4) is 22.7 Å². The van der Waals surface area contributed by atoms with Crippen molar-refractivity contribution in [3.05, 3.63) is 95.1 Å². The van der Waals surface area contributed by atoms with E-state index in [9.17, 15) is 14.4 Å². The lowest BCUT2D eigenvalue weighted by molar-refractivity contribution is 0.0526. The molecule has 0 saturated heterocycles. The van der Waals surface area contributed by atoms with E-state index in [0.717, 1.165) is 5.56 Å². The fourth-order valence-corrected chi connectivity index (χ4v) is 3.92. The Morgan fingerprint density at radius 2 is 1.66 bits per heavy atom. The largest absolute Gasteiger partial charge is 0.496 e. The molecule has 5 N–H and O–H groups in total. The van der Waals surface area contributed by atoms with Gasteiger partial charge in [0.05, 0.1) is 30.5 Å². The molecule has 10 nitrogen and oxygen atoms in total. The summed E-state index contributed by atoms with van der Waals surface area (Å²) in [7, 11) is 1.51. The molecular weight excluding hydrogens is 486 g/mol. The van der Waals surface area contributed by atoms with Crippen LogP contribution in [0, 0.1) is 0 Å². The molecule has 0 atom stereocenters. The van der Waals surface area contributed by atoms with Gasteiger partial charge in [0.25, 0.3) is 11.8 Å². The predicted molar refractivity (Wildman–Crippen MR) is 142 cm³/mol. The quantitative estimate of drug-likeness (QED) is 0.290. The van der Waals surface area contributed by atoms with Crippen LogP contribution in [-0.2, 0) is 11.3 Å². The summed E-state index contributed by atoms with van der Waals surface area (Å²) in [5, 5.41) is 7.40.